The summed E-state index contributed by atoms with van der Waals surface area (Å²) >= 11 is 1.70. The minimum absolute atomic E-state index is 0.0355. The molecule has 0 aromatic carbocycles. The topological polar surface area (TPSA) is 32.3 Å². The third-order valence-corrected chi connectivity index (χ3v) is 5.90. The van der Waals surface area contributed by atoms with Gasteiger partial charge in [-0.3, -0.25) is 10.1 Å². The molecular weight excluding hydrogens is 280 g/mol. The lowest BCUT2D eigenvalue weighted by molar-refractivity contribution is -0.131. The second kappa shape index (κ2) is 6.09. The van der Waals surface area contributed by atoms with Crippen molar-refractivity contribution in [2.45, 2.75) is 52.2 Å². The molecule has 2 heterocycles. The number of carbonyl (C=O) groups is 1. The summed E-state index contributed by atoms with van der Waals surface area (Å²) in [6.07, 6.45) is 3.98. The quantitative estimate of drug-likeness (QED) is 0.921. The Balaban J connectivity index is 1.81. The van der Waals surface area contributed by atoms with Gasteiger partial charge in [0.05, 0.1) is 6.04 Å². The maximum Gasteiger partial charge on any atom is 0.241 e. The van der Waals surface area contributed by atoms with Crippen molar-refractivity contribution >= 4 is 17.2 Å². The molecule has 1 aliphatic carbocycles. The fraction of sp³-hybridized carbons (Fsp3) is 0.706. The number of hydrogen-bond acceptors (Lipinski definition) is 3. The minimum atomic E-state index is -0.0355. The van der Waals surface area contributed by atoms with Gasteiger partial charge in [0.1, 0.15) is 6.17 Å². The van der Waals surface area contributed by atoms with Crippen LogP contribution in [0.15, 0.2) is 16.8 Å². The lowest BCUT2D eigenvalue weighted by atomic mass is 9.97. The van der Waals surface area contributed by atoms with Crippen molar-refractivity contribution in [2.75, 3.05) is 6.54 Å². The van der Waals surface area contributed by atoms with Crippen molar-refractivity contribution in [3.63, 3.8) is 0 Å². The van der Waals surface area contributed by atoms with E-state index in [2.05, 4.69) is 47.8 Å². The van der Waals surface area contributed by atoms with Gasteiger partial charge in [-0.25, -0.2) is 0 Å². The van der Waals surface area contributed by atoms with Crippen LogP contribution in [0.5, 0.6) is 0 Å². The molecule has 0 bridgehead atoms. The molecule has 1 amide bonds. The van der Waals surface area contributed by atoms with Crippen LogP contribution >= 0.6 is 11.3 Å². The Labute approximate surface area is 131 Å². The minimum Gasteiger partial charge on any atom is -0.321 e. The highest BCUT2D eigenvalue weighted by Gasteiger charge is 2.42. The number of rotatable bonds is 4. The summed E-state index contributed by atoms with van der Waals surface area (Å²) in [7, 11) is 0. The zero-order valence-electron chi connectivity index (χ0n) is 13.2. The van der Waals surface area contributed by atoms with Gasteiger partial charge in [-0.05, 0) is 46.6 Å². The average Bonchev–Trinajstić information content (AvgIpc) is 3.13. The molecule has 2 fully saturated rings. The van der Waals surface area contributed by atoms with Gasteiger partial charge in [0.15, 0.2) is 0 Å². The van der Waals surface area contributed by atoms with Crippen molar-refractivity contribution in [3.05, 3.63) is 22.4 Å². The van der Waals surface area contributed by atoms with E-state index in [4.69, 9.17) is 0 Å². The van der Waals surface area contributed by atoms with Crippen molar-refractivity contribution in [1.29, 1.82) is 0 Å². The fourth-order valence-electron chi connectivity index (χ4n) is 3.76. The molecule has 1 saturated carbocycles. The molecule has 1 aliphatic heterocycles. The van der Waals surface area contributed by atoms with Crippen molar-refractivity contribution in [3.8, 4) is 0 Å². The Bertz CT molecular complexity index is 485. The summed E-state index contributed by atoms with van der Waals surface area (Å²) in [6.45, 7) is 7.51. The highest BCUT2D eigenvalue weighted by atomic mass is 32.1. The summed E-state index contributed by atoms with van der Waals surface area (Å²) in [5.41, 5.74) is 1.24. The number of hydrogen-bond donors (Lipinski definition) is 1. The van der Waals surface area contributed by atoms with Crippen LogP contribution in [0, 0.1) is 17.8 Å². The second-order valence-electron chi connectivity index (χ2n) is 7.01. The van der Waals surface area contributed by atoms with E-state index in [9.17, 15) is 4.79 Å². The third kappa shape index (κ3) is 2.88. The molecular formula is C17H26N2OS. The predicted octanol–water partition coefficient (Wildman–Crippen LogP) is 3.64. The van der Waals surface area contributed by atoms with Crippen molar-refractivity contribution in [2.24, 2.45) is 17.8 Å². The molecule has 0 radical (unpaired) electrons. The Morgan fingerprint density at radius 3 is 2.81 bits per heavy atom. The van der Waals surface area contributed by atoms with Crippen LogP contribution in [-0.4, -0.2) is 23.4 Å². The number of thiophene rings is 1. The Morgan fingerprint density at radius 2 is 2.24 bits per heavy atom. The maximum absolute atomic E-state index is 12.8. The van der Waals surface area contributed by atoms with Gasteiger partial charge in [0.2, 0.25) is 5.91 Å². The summed E-state index contributed by atoms with van der Waals surface area (Å²) in [5, 5.41) is 7.83. The van der Waals surface area contributed by atoms with Gasteiger partial charge < -0.3 is 4.90 Å². The number of carbonyl (C=O) groups excluding carboxylic acids is 1. The largest absolute Gasteiger partial charge is 0.321 e. The molecule has 3 rings (SSSR count). The summed E-state index contributed by atoms with van der Waals surface area (Å²) in [4.78, 5) is 14.9. The molecule has 0 spiro atoms. The van der Waals surface area contributed by atoms with E-state index < -0.39 is 0 Å². The highest BCUT2D eigenvalue weighted by Crippen LogP contribution is 2.36. The first-order valence-electron chi connectivity index (χ1n) is 8.16. The molecule has 21 heavy (non-hydrogen) atoms. The molecule has 4 atom stereocenters. The normalized spacial score (nSPS) is 33.3. The summed E-state index contributed by atoms with van der Waals surface area (Å²) in [6, 6.07) is 2.11. The molecule has 3 nitrogen and oxygen atoms in total. The number of amides is 1. The SMILES string of the molecule is CC(C)C1NC(c2ccsc2)N(CC2CCCC2C)C1=O. The first-order valence-corrected chi connectivity index (χ1v) is 9.11. The number of nitrogens with zero attached hydrogens (tertiary/aromatic N) is 1. The summed E-state index contributed by atoms with van der Waals surface area (Å²) < 4.78 is 0. The Hall–Kier alpha value is -0.870. The molecule has 1 aromatic heterocycles. The average molecular weight is 306 g/mol. The first kappa shape index (κ1) is 15.0. The van der Waals surface area contributed by atoms with Crippen LogP contribution in [0.2, 0.25) is 0 Å². The van der Waals surface area contributed by atoms with Gasteiger partial charge in [-0.1, -0.05) is 33.6 Å². The summed E-state index contributed by atoms with van der Waals surface area (Å²) in [5.74, 6) is 2.05. The Kier molecular flexibility index (Phi) is 4.36. The zero-order valence-corrected chi connectivity index (χ0v) is 14.0. The smallest absolute Gasteiger partial charge is 0.241 e. The van der Waals surface area contributed by atoms with Gasteiger partial charge in [-0.15, -0.1) is 0 Å². The predicted molar refractivity (Wildman–Crippen MR) is 87.0 cm³/mol. The van der Waals surface area contributed by atoms with Crippen LogP contribution in [0.25, 0.3) is 0 Å². The highest BCUT2D eigenvalue weighted by molar-refractivity contribution is 7.07. The molecule has 116 valence electrons. The van der Waals surface area contributed by atoms with Crippen LogP contribution < -0.4 is 5.32 Å². The van der Waals surface area contributed by atoms with Gasteiger partial charge in [-0.2, -0.15) is 11.3 Å². The van der Waals surface area contributed by atoms with Crippen LogP contribution in [0.4, 0.5) is 0 Å². The first-order chi connectivity index (χ1) is 10.1. The maximum atomic E-state index is 12.8. The molecule has 1 aromatic rings. The van der Waals surface area contributed by atoms with Crippen molar-refractivity contribution < 1.29 is 4.79 Å². The van der Waals surface area contributed by atoms with Crippen LogP contribution in [-0.2, 0) is 4.79 Å². The van der Waals surface area contributed by atoms with E-state index in [1.165, 1.54) is 24.8 Å². The molecule has 1 N–H and O–H groups in total. The van der Waals surface area contributed by atoms with Gasteiger partial charge >= 0.3 is 0 Å². The monoisotopic (exact) mass is 306 g/mol. The van der Waals surface area contributed by atoms with E-state index >= 15 is 0 Å². The lowest BCUT2D eigenvalue weighted by Crippen LogP contribution is -2.37. The number of nitrogens with one attached hydrogen (secondary N) is 1. The van der Waals surface area contributed by atoms with E-state index in [1.54, 1.807) is 11.3 Å². The Morgan fingerprint density at radius 1 is 1.43 bits per heavy atom. The van der Waals surface area contributed by atoms with Crippen molar-refractivity contribution in [1.82, 2.24) is 10.2 Å². The molecule has 1 saturated heterocycles. The fourth-order valence-corrected chi connectivity index (χ4v) is 4.44. The van der Waals surface area contributed by atoms with E-state index in [0.29, 0.717) is 17.7 Å². The molecule has 4 unspecified atom stereocenters. The van der Waals surface area contributed by atoms with Crippen LogP contribution in [0.3, 0.4) is 0 Å². The second-order valence-corrected chi connectivity index (χ2v) is 7.79. The van der Waals surface area contributed by atoms with E-state index in [0.717, 1.165) is 12.5 Å². The van der Waals surface area contributed by atoms with E-state index in [1.807, 2.05) is 0 Å². The standard InChI is InChI=1S/C17H26N2OS/c1-11(2)15-17(20)19(9-13-6-4-5-12(13)3)16(18-15)14-7-8-21-10-14/h7-8,10-13,15-16,18H,4-6,9H2,1-3H3. The van der Waals surface area contributed by atoms with E-state index in [-0.39, 0.29) is 12.2 Å². The molecule has 4 heteroatoms. The zero-order chi connectivity index (χ0) is 15.0. The molecule has 2 aliphatic rings. The lowest BCUT2D eigenvalue weighted by Gasteiger charge is -2.28. The van der Waals surface area contributed by atoms with Gasteiger partial charge in [0.25, 0.3) is 0 Å². The van der Waals surface area contributed by atoms with Gasteiger partial charge in [0, 0.05) is 6.54 Å². The van der Waals surface area contributed by atoms with Crippen LogP contribution in [0.1, 0.15) is 51.8 Å². The third-order valence-electron chi connectivity index (χ3n) is 5.19.